The first kappa shape index (κ1) is 23.5. The molecule has 1 aliphatic carbocycles. The summed E-state index contributed by atoms with van der Waals surface area (Å²) in [5, 5.41) is 6.98. The number of hydrogen-bond donors (Lipinski definition) is 2. The number of aromatic nitrogens is 1. The molecule has 4 rings (SSSR count). The number of carbonyl (C=O) groups is 3. The van der Waals surface area contributed by atoms with Gasteiger partial charge in [-0.15, -0.1) is 11.3 Å². The van der Waals surface area contributed by atoms with Crippen LogP contribution in [-0.4, -0.2) is 29.5 Å². The Bertz CT molecular complexity index is 1210. The van der Waals surface area contributed by atoms with Crippen molar-refractivity contribution in [2.45, 2.75) is 46.1 Å². The second-order valence-electron chi connectivity index (χ2n) is 8.02. The molecule has 2 heterocycles. The van der Waals surface area contributed by atoms with Crippen LogP contribution in [0.25, 0.3) is 0 Å². The minimum absolute atomic E-state index is 0.280. The number of nitrogens with one attached hydrogen (secondary N) is 1. The molecule has 178 valence electrons. The molecule has 0 saturated carbocycles. The van der Waals surface area contributed by atoms with E-state index in [1.807, 2.05) is 13.8 Å². The molecule has 10 heteroatoms. The van der Waals surface area contributed by atoms with Gasteiger partial charge in [-0.1, -0.05) is 5.16 Å². The van der Waals surface area contributed by atoms with Crippen LogP contribution >= 0.6 is 11.3 Å². The molecule has 2 amide bonds. The van der Waals surface area contributed by atoms with Crippen LogP contribution in [0.4, 0.5) is 5.00 Å². The third kappa shape index (κ3) is 5.12. The van der Waals surface area contributed by atoms with Crippen LogP contribution < -0.4 is 15.8 Å². The Kier molecular flexibility index (Phi) is 6.97. The summed E-state index contributed by atoms with van der Waals surface area (Å²) in [6, 6.07) is 6.40. The number of fused-ring (bicyclic) bond motifs is 1. The molecular formula is C24H25N3O6S. The van der Waals surface area contributed by atoms with Crippen molar-refractivity contribution in [3.05, 3.63) is 62.9 Å². The Morgan fingerprint density at radius 1 is 1.15 bits per heavy atom. The monoisotopic (exact) mass is 483 g/mol. The number of carbonyl (C=O) groups excluding carboxylic acids is 3. The molecule has 2 aromatic heterocycles. The van der Waals surface area contributed by atoms with Gasteiger partial charge in [-0.05, 0) is 69.4 Å². The van der Waals surface area contributed by atoms with E-state index < -0.39 is 24.4 Å². The molecule has 0 radical (unpaired) electrons. The zero-order valence-corrected chi connectivity index (χ0v) is 19.8. The summed E-state index contributed by atoms with van der Waals surface area (Å²) in [7, 11) is 0. The van der Waals surface area contributed by atoms with E-state index in [0.717, 1.165) is 47.4 Å². The van der Waals surface area contributed by atoms with Gasteiger partial charge in [0.15, 0.2) is 6.61 Å². The van der Waals surface area contributed by atoms with Crippen LogP contribution in [0.15, 0.2) is 28.8 Å². The van der Waals surface area contributed by atoms with Crippen molar-refractivity contribution in [3.8, 4) is 5.75 Å². The van der Waals surface area contributed by atoms with Crippen molar-refractivity contribution in [3.63, 3.8) is 0 Å². The molecular weight excluding hydrogens is 458 g/mol. The highest BCUT2D eigenvalue weighted by atomic mass is 32.1. The molecule has 34 heavy (non-hydrogen) atoms. The van der Waals surface area contributed by atoms with Gasteiger partial charge in [-0.2, -0.15) is 0 Å². The van der Waals surface area contributed by atoms with Crippen LogP contribution in [-0.2, 0) is 29.0 Å². The fourth-order valence-electron chi connectivity index (χ4n) is 3.84. The maximum Gasteiger partial charge on any atom is 0.338 e. The van der Waals surface area contributed by atoms with Gasteiger partial charge in [0.25, 0.3) is 11.8 Å². The molecule has 0 aliphatic heterocycles. The van der Waals surface area contributed by atoms with Gasteiger partial charge < -0.3 is 25.0 Å². The van der Waals surface area contributed by atoms with Crippen LogP contribution in [0.3, 0.4) is 0 Å². The Morgan fingerprint density at radius 2 is 1.88 bits per heavy atom. The fraction of sp³-hybridized carbons (Fsp3) is 0.333. The average Bonchev–Trinajstić information content (AvgIpc) is 3.35. The summed E-state index contributed by atoms with van der Waals surface area (Å²) in [5.74, 6) is -0.484. The Morgan fingerprint density at radius 3 is 2.56 bits per heavy atom. The first-order valence-corrected chi connectivity index (χ1v) is 11.7. The summed E-state index contributed by atoms with van der Waals surface area (Å²) in [4.78, 5) is 37.7. The lowest BCUT2D eigenvalue weighted by Crippen LogP contribution is -2.23. The largest absolute Gasteiger partial charge is 0.489 e. The highest BCUT2D eigenvalue weighted by molar-refractivity contribution is 7.17. The molecule has 3 N–H and O–H groups in total. The van der Waals surface area contributed by atoms with E-state index in [9.17, 15) is 14.4 Å². The predicted molar refractivity (Wildman–Crippen MR) is 125 cm³/mol. The average molecular weight is 484 g/mol. The molecule has 9 nitrogen and oxygen atoms in total. The molecule has 0 spiro atoms. The van der Waals surface area contributed by atoms with Crippen molar-refractivity contribution in [1.82, 2.24) is 5.16 Å². The van der Waals surface area contributed by atoms with Crippen molar-refractivity contribution in [2.24, 2.45) is 5.73 Å². The van der Waals surface area contributed by atoms with Crippen LogP contribution in [0.2, 0.25) is 0 Å². The number of primary amides is 1. The maximum atomic E-state index is 12.4. The first-order valence-electron chi connectivity index (χ1n) is 10.9. The standard InChI is InChI=1S/C24H25N3O6S/c1-13-18(14(2)33-27-13)11-31-16-9-7-15(8-10-16)24(30)32-12-20(28)26-23-21(22(25)29)17-5-3-4-6-19(17)34-23/h7-10H,3-6,11-12H2,1-2H3,(H2,25,29)(H,26,28). The molecule has 1 aliphatic rings. The van der Waals surface area contributed by atoms with Gasteiger partial charge in [0, 0.05) is 4.88 Å². The number of nitrogens with two attached hydrogens (primary N) is 1. The lowest BCUT2D eigenvalue weighted by molar-refractivity contribution is -0.119. The third-order valence-electron chi connectivity index (χ3n) is 5.66. The van der Waals surface area contributed by atoms with Crippen molar-refractivity contribution >= 4 is 34.1 Å². The second kappa shape index (κ2) is 10.1. The molecule has 3 aromatic rings. The van der Waals surface area contributed by atoms with Crippen LogP contribution in [0.5, 0.6) is 5.75 Å². The van der Waals surface area contributed by atoms with E-state index in [0.29, 0.717) is 28.7 Å². The number of anilines is 1. The predicted octanol–water partition coefficient (Wildman–Crippen LogP) is 3.71. The molecule has 0 unspecified atom stereocenters. The Hall–Kier alpha value is -3.66. The summed E-state index contributed by atoms with van der Waals surface area (Å²) in [5.41, 5.74) is 8.76. The summed E-state index contributed by atoms with van der Waals surface area (Å²) < 4.78 is 16.0. The number of benzene rings is 1. The lowest BCUT2D eigenvalue weighted by Gasteiger charge is -2.11. The molecule has 0 bridgehead atoms. The van der Waals surface area contributed by atoms with E-state index >= 15 is 0 Å². The van der Waals surface area contributed by atoms with Gasteiger partial charge in [-0.3, -0.25) is 9.59 Å². The van der Waals surface area contributed by atoms with E-state index in [1.165, 1.54) is 11.3 Å². The van der Waals surface area contributed by atoms with Gasteiger partial charge in [0.05, 0.1) is 22.4 Å². The van der Waals surface area contributed by atoms with Gasteiger partial charge in [-0.25, -0.2) is 4.79 Å². The number of esters is 1. The number of aryl methyl sites for hydroxylation is 3. The second-order valence-corrected chi connectivity index (χ2v) is 9.12. The zero-order chi connectivity index (χ0) is 24.2. The highest BCUT2D eigenvalue weighted by Gasteiger charge is 2.25. The Labute approximate surface area is 200 Å². The minimum atomic E-state index is -0.645. The van der Waals surface area contributed by atoms with E-state index in [4.69, 9.17) is 19.7 Å². The van der Waals surface area contributed by atoms with Crippen LogP contribution in [0.1, 0.15) is 61.0 Å². The molecule has 0 atom stereocenters. The van der Waals surface area contributed by atoms with Crippen LogP contribution in [0, 0.1) is 13.8 Å². The molecule has 1 aromatic carbocycles. The van der Waals surface area contributed by atoms with Gasteiger partial charge >= 0.3 is 5.97 Å². The molecule has 0 fully saturated rings. The number of nitrogens with zero attached hydrogens (tertiary/aromatic N) is 1. The van der Waals surface area contributed by atoms with Gasteiger partial charge in [0.1, 0.15) is 23.1 Å². The summed E-state index contributed by atoms with van der Waals surface area (Å²) >= 11 is 1.36. The first-order chi connectivity index (χ1) is 16.3. The highest BCUT2D eigenvalue weighted by Crippen LogP contribution is 2.37. The SMILES string of the molecule is Cc1noc(C)c1COc1ccc(C(=O)OCC(=O)Nc2sc3c(c2C(N)=O)CCCC3)cc1. The topological polar surface area (TPSA) is 134 Å². The summed E-state index contributed by atoms with van der Waals surface area (Å²) in [6.07, 6.45) is 3.66. The van der Waals surface area contributed by atoms with Gasteiger partial charge in [0.2, 0.25) is 0 Å². The van der Waals surface area contributed by atoms with E-state index in [2.05, 4.69) is 10.5 Å². The smallest absolute Gasteiger partial charge is 0.338 e. The quantitative estimate of drug-likeness (QED) is 0.467. The minimum Gasteiger partial charge on any atom is -0.489 e. The van der Waals surface area contributed by atoms with Crippen molar-refractivity contribution < 1.29 is 28.4 Å². The number of hydrogen-bond acceptors (Lipinski definition) is 8. The fourth-order valence-corrected chi connectivity index (χ4v) is 5.15. The third-order valence-corrected chi connectivity index (χ3v) is 6.87. The number of amides is 2. The number of thiophene rings is 1. The molecule has 0 saturated heterocycles. The Balaban J connectivity index is 1.31. The lowest BCUT2D eigenvalue weighted by atomic mass is 9.95. The summed E-state index contributed by atoms with van der Waals surface area (Å²) in [6.45, 7) is 3.47. The van der Waals surface area contributed by atoms with Crippen molar-refractivity contribution in [2.75, 3.05) is 11.9 Å². The number of rotatable bonds is 8. The number of ether oxygens (including phenoxy) is 2. The maximum absolute atomic E-state index is 12.4. The van der Waals surface area contributed by atoms with E-state index in [-0.39, 0.29) is 5.56 Å². The zero-order valence-electron chi connectivity index (χ0n) is 18.9. The van der Waals surface area contributed by atoms with Crippen molar-refractivity contribution in [1.29, 1.82) is 0 Å². The normalized spacial score (nSPS) is 12.6. The van der Waals surface area contributed by atoms with E-state index in [1.54, 1.807) is 24.3 Å².